The number of para-hydroxylation sites is 1. The van der Waals surface area contributed by atoms with Gasteiger partial charge in [-0.05, 0) is 30.4 Å². The van der Waals surface area contributed by atoms with Crippen LogP contribution in [-0.2, 0) is 0 Å². The van der Waals surface area contributed by atoms with Gasteiger partial charge < -0.3 is 4.84 Å². The maximum absolute atomic E-state index is 5.78. The second-order valence-corrected chi connectivity index (χ2v) is 5.00. The van der Waals surface area contributed by atoms with Crippen molar-refractivity contribution in [1.29, 1.82) is 0 Å². The van der Waals surface area contributed by atoms with Crippen molar-refractivity contribution in [2.75, 3.05) is 13.1 Å². The molecular formula is C13H19NO. The van der Waals surface area contributed by atoms with Crippen molar-refractivity contribution in [3.63, 3.8) is 0 Å². The summed E-state index contributed by atoms with van der Waals surface area (Å²) in [4.78, 5) is 5.78. The number of hydrogen-bond donors (Lipinski definition) is 0. The predicted molar refractivity (Wildman–Crippen MR) is 61.7 cm³/mol. The molecule has 0 atom stereocenters. The van der Waals surface area contributed by atoms with Gasteiger partial charge in [0.15, 0.2) is 0 Å². The summed E-state index contributed by atoms with van der Waals surface area (Å²) in [5, 5.41) is 2.07. The van der Waals surface area contributed by atoms with Crippen molar-refractivity contribution in [1.82, 2.24) is 5.06 Å². The molecule has 1 fully saturated rings. The van der Waals surface area contributed by atoms with Crippen molar-refractivity contribution in [3.8, 4) is 5.75 Å². The Morgan fingerprint density at radius 3 is 2.27 bits per heavy atom. The minimum Gasteiger partial charge on any atom is -0.406 e. The number of piperidine rings is 1. The van der Waals surface area contributed by atoms with E-state index in [0.717, 1.165) is 18.8 Å². The highest BCUT2D eigenvalue weighted by atomic mass is 16.7. The number of hydrogen-bond acceptors (Lipinski definition) is 2. The molecule has 0 aromatic heterocycles. The predicted octanol–water partition coefficient (Wildman–Crippen LogP) is 3.10. The Kier molecular flexibility index (Phi) is 2.96. The second kappa shape index (κ2) is 4.23. The average Bonchev–Trinajstić information content (AvgIpc) is 2.23. The van der Waals surface area contributed by atoms with Crippen LogP contribution in [0.5, 0.6) is 5.75 Å². The first-order valence-electron chi connectivity index (χ1n) is 5.64. The number of benzene rings is 1. The maximum atomic E-state index is 5.78. The van der Waals surface area contributed by atoms with Crippen LogP contribution in [-0.4, -0.2) is 18.2 Å². The van der Waals surface area contributed by atoms with Crippen molar-refractivity contribution in [2.45, 2.75) is 26.7 Å². The zero-order valence-electron chi connectivity index (χ0n) is 9.57. The van der Waals surface area contributed by atoms with Crippen molar-refractivity contribution >= 4 is 0 Å². The molecule has 1 aliphatic heterocycles. The molecule has 0 spiro atoms. The quantitative estimate of drug-likeness (QED) is 0.735. The van der Waals surface area contributed by atoms with E-state index in [2.05, 4.69) is 18.9 Å². The number of rotatable bonds is 2. The largest absolute Gasteiger partial charge is 0.406 e. The van der Waals surface area contributed by atoms with E-state index in [-0.39, 0.29) is 0 Å². The van der Waals surface area contributed by atoms with Gasteiger partial charge in [0.1, 0.15) is 5.75 Å². The Morgan fingerprint density at radius 1 is 1.07 bits per heavy atom. The Morgan fingerprint density at radius 2 is 1.67 bits per heavy atom. The van der Waals surface area contributed by atoms with Gasteiger partial charge in [-0.2, -0.15) is 0 Å². The van der Waals surface area contributed by atoms with E-state index in [9.17, 15) is 0 Å². The number of hydroxylamine groups is 2. The summed E-state index contributed by atoms with van der Waals surface area (Å²) in [5.41, 5.74) is 0.483. The molecule has 2 nitrogen and oxygen atoms in total. The lowest BCUT2D eigenvalue weighted by Gasteiger charge is -2.35. The van der Waals surface area contributed by atoms with Gasteiger partial charge in [0.25, 0.3) is 0 Å². The van der Waals surface area contributed by atoms with E-state index in [1.54, 1.807) is 0 Å². The smallest absolute Gasteiger partial charge is 0.147 e. The summed E-state index contributed by atoms with van der Waals surface area (Å²) in [7, 11) is 0. The van der Waals surface area contributed by atoms with E-state index < -0.39 is 0 Å². The van der Waals surface area contributed by atoms with Crippen LogP contribution in [0, 0.1) is 5.41 Å². The van der Waals surface area contributed by atoms with Gasteiger partial charge in [0.2, 0.25) is 0 Å². The summed E-state index contributed by atoms with van der Waals surface area (Å²) >= 11 is 0. The van der Waals surface area contributed by atoms with Crippen molar-refractivity contribution in [2.24, 2.45) is 5.41 Å². The lowest BCUT2D eigenvalue weighted by atomic mass is 9.83. The monoisotopic (exact) mass is 205 g/mol. The van der Waals surface area contributed by atoms with Crippen LogP contribution in [0.25, 0.3) is 0 Å². The molecule has 82 valence electrons. The third-order valence-corrected chi connectivity index (χ3v) is 3.05. The lowest BCUT2D eigenvalue weighted by molar-refractivity contribution is -0.0928. The first-order chi connectivity index (χ1) is 7.16. The fraction of sp³-hybridized carbons (Fsp3) is 0.538. The first-order valence-corrected chi connectivity index (χ1v) is 5.64. The highest BCUT2D eigenvalue weighted by Gasteiger charge is 2.26. The van der Waals surface area contributed by atoms with Crippen LogP contribution in [0.3, 0.4) is 0 Å². The van der Waals surface area contributed by atoms with Crippen LogP contribution in [0.1, 0.15) is 26.7 Å². The molecule has 0 unspecified atom stereocenters. The Bertz CT molecular complexity index is 298. The molecule has 1 heterocycles. The summed E-state index contributed by atoms with van der Waals surface area (Å²) < 4.78 is 0. The normalized spacial score (nSPS) is 21.2. The zero-order valence-corrected chi connectivity index (χ0v) is 9.57. The molecule has 1 saturated heterocycles. The van der Waals surface area contributed by atoms with Crippen molar-refractivity contribution in [3.05, 3.63) is 30.3 Å². The minimum atomic E-state index is 0.483. The highest BCUT2D eigenvalue weighted by molar-refractivity contribution is 5.20. The van der Waals surface area contributed by atoms with Crippen LogP contribution in [0.15, 0.2) is 30.3 Å². The molecule has 0 amide bonds. The standard InChI is InChI=1S/C13H19NO/c1-13(2)8-10-14(11-9-13)15-12-6-4-3-5-7-12/h3-7H,8-11H2,1-2H3. The molecule has 1 aromatic rings. The fourth-order valence-corrected chi connectivity index (χ4v) is 1.81. The van der Waals surface area contributed by atoms with Gasteiger partial charge in [0.05, 0.1) is 0 Å². The molecule has 1 aromatic carbocycles. The lowest BCUT2D eigenvalue weighted by Crippen LogP contribution is -2.39. The third kappa shape index (κ3) is 2.96. The number of nitrogens with zero attached hydrogens (tertiary/aromatic N) is 1. The summed E-state index contributed by atoms with van der Waals surface area (Å²) in [5.74, 6) is 0.942. The van der Waals surface area contributed by atoms with E-state index in [0.29, 0.717) is 5.41 Å². The molecule has 15 heavy (non-hydrogen) atoms. The van der Waals surface area contributed by atoms with Crippen molar-refractivity contribution < 1.29 is 4.84 Å². The summed E-state index contributed by atoms with van der Waals surface area (Å²) in [6.45, 7) is 6.71. The molecule has 2 rings (SSSR count). The van der Waals surface area contributed by atoms with Crippen LogP contribution >= 0.6 is 0 Å². The summed E-state index contributed by atoms with van der Waals surface area (Å²) in [6, 6.07) is 10.0. The van der Waals surface area contributed by atoms with E-state index in [4.69, 9.17) is 4.84 Å². The topological polar surface area (TPSA) is 12.5 Å². The fourth-order valence-electron chi connectivity index (χ4n) is 1.81. The Balaban J connectivity index is 1.88. The van der Waals surface area contributed by atoms with Gasteiger partial charge >= 0.3 is 0 Å². The molecule has 2 heteroatoms. The average molecular weight is 205 g/mol. The van der Waals surface area contributed by atoms with E-state index in [1.807, 2.05) is 30.3 Å². The molecule has 0 saturated carbocycles. The molecule has 0 radical (unpaired) electrons. The molecule has 0 bridgehead atoms. The first kappa shape index (κ1) is 10.5. The summed E-state index contributed by atoms with van der Waals surface area (Å²) in [6.07, 6.45) is 2.42. The molecule has 1 aliphatic rings. The second-order valence-electron chi connectivity index (χ2n) is 5.00. The SMILES string of the molecule is CC1(C)CCN(Oc2ccccc2)CC1. The van der Waals surface area contributed by atoms with Crippen LogP contribution < -0.4 is 4.84 Å². The Hall–Kier alpha value is -1.02. The van der Waals surface area contributed by atoms with E-state index in [1.165, 1.54) is 12.8 Å². The van der Waals surface area contributed by atoms with Gasteiger partial charge in [-0.25, -0.2) is 0 Å². The highest BCUT2D eigenvalue weighted by Crippen LogP contribution is 2.30. The van der Waals surface area contributed by atoms with Crippen LogP contribution in [0.4, 0.5) is 0 Å². The van der Waals surface area contributed by atoms with Gasteiger partial charge in [-0.3, -0.25) is 0 Å². The molecule has 0 aliphatic carbocycles. The third-order valence-electron chi connectivity index (χ3n) is 3.05. The van der Waals surface area contributed by atoms with Gasteiger partial charge in [-0.1, -0.05) is 32.0 Å². The maximum Gasteiger partial charge on any atom is 0.147 e. The zero-order chi connectivity index (χ0) is 10.7. The van der Waals surface area contributed by atoms with Gasteiger partial charge in [0, 0.05) is 13.1 Å². The Labute approximate surface area is 91.8 Å². The van der Waals surface area contributed by atoms with E-state index >= 15 is 0 Å². The van der Waals surface area contributed by atoms with Gasteiger partial charge in [-0.15, -0.1) is 5.06 Å². The minimum absolute atomic E-state index is 0.483. The van der Waals surface area contributed by atoms with Crippen LogP contribution in [0.2, 0.25) is 0 Å². The molecular weight excluding hydrogens is 186 g/mol. The molecule has 0 N–H and O–H groups in total.